The van der Waals surface area contributed by atoms with Crippen molar-refractivity contribution in [2.24, 2.45) is 5.92 Å². The van der Waals surface area contributed by atoms with E-state index in [1.54, 1.807) is 11.7 Å². The Hall–Kier alpha value is -2.28. The predicted molar refractivity (Wildman–Crippen MR) is 95.8 cm³/mol. The molecule has 1 atom stereocenters. The first kappa shape index (κ1) is 17.1. The number of amides is 1. The van der Waals surface area contributed by atoms with Crippen molar-refractivity contribution < 1.29 is 14.7 Å². The van der Waals surface area contributed by atoms with Gasteiger partial charge in [0.2, 0.25) is 0 Å². The first-order valence-corrected chi connectivity index (χ1v) is 9.01. The smallest absolute Gasteiger partial charge is 0.276 e. The van der Waals surface area contributed by atoms with Gasteiger partial charge in [-0.15, -0.1) is 0 Å². The average molecular weight is 353 g/mol. The van der Waals surface area contributed by atoms with E-state index >= 15 is 0 Å². The molecule has 26 heavy (non-hydrogen) atoms. The second kappa shape index (κ2) is 7.53. The number of hydroxylamine groups is 1. The number of carbonyl (C=O) groups is 1. The van der Waals surface area contributed by atoms with Gasteiger partial charge >= 0.3 is 0 Å². The van der Waals surface area contributed by atoms with Gasteiger partial charge in [-0.25, -0.2) is 5.48 Å². The van der Waals surface area contributed by atoms with E-state index in [4.69, 9.17) is 9.94 Å². The topological polar surface area (TPSA) is 74.7 Å². The molecule has 4 rings (SSSR count). The molecule has 0 bridgehead atoms. The lowest BCUT2D eigenvalue weighted by Gasteiger charge is -2.40. The first-order valence-electron chi connectivity index (χ1n) is 9.01. The Morgan fingerprint density at radius 2 is 2.12 bits per heavy atom. The van der Waals surface area contributed by atoms with Crippen LogP contribution in [0.2, 0.25) is 0 Å². The van der Waals surface area contributed by atoms with Crippen LogP contribution in [-0.4, -0.2) is 46.8 Å². The number of fused-ring (bicyclic) bond motifs is 1. The second-order valence-electron chi connectivity index (χ2n) is 7.15. The number of rotatable bonds is 5. The van der Waals surface area contributed by atoms with E-state index in [0.717, 1.165) is 50.4 Å². The van der Waals surface area contributed by atoms with Crippen LogP contribution in [-0.2, 0) is 24.1 Å². The Bertz CT molecular complexity index is 777. The van der Waals surface area contributed by atoms with Crippen LogP contribution in [0.15, 0.2) is 42.6 Å². The van der Waals surface area contributed by atoms with Crippen molar-refractivity contribution in [1.82, 2.24) is 15.4 Å². The Labute approximate surface area is 152 Å². The lowest BCUT2D eigenvalue weighted by molar-refractivity contribution is -0.0542. The monoisotopic (exact) mass is 353 g/mol. The fraction of sp³-hybridized carbons (Fsp3) is 0.400. The molecule has 6 nitrogen and oxygen atoms in total. The third-order valence-corrected chi connectivity index (χ3v) is 5.26. The fourth-order valence-corrected chi connectivity index (χ4v) is 3.77. The predicted octanol–water partition coefficient (Wildman–Crippen LogP) is 1.82. The zero-order valence-electron chi connectivity index (χ0n) is 14.6. The maximum atomic E-state index is 11.7. The molecule has 1 amide bonds. The van der Waals surface area contributed by atoms with Crippen LogP contribution >= 0.6 is 0 Å². The third-order valence-electron chi connectivity index (χ3n) is 5.26. The summed E-state index contributed by atoms with van der Waals surface area (Å²) in [5.74, 6) is 0.0531. The van der Waals surface area contributed by atoms with Crippen molar-refractivity contribution >= 4 is 5.91 Å². The summed E-state index contributed by atoms with van der Waals surface area (Å²) in [5.41, 5.74) is 5.51. The number of hydrogen-bond acceptors (Lipinski definition) is 5. The van der Waals surface area contributed by atoms with Crippen LogP contribution in [0.3, 0.4) is 0 Å². The molecular weight excluding hydrogens is 330 g/mol. The SMILES string of the molecule is O=C(NO)c1cnc2c(c1)CN(CC1COC1)[C@@H](Cc1ccccc1)C2. The fourth-order valence-electron chi connectivity index (χ4n) is 3.77. The molecule has 0 aliphatic carbocycles. The number of benzene rings is 1. The highest BCUT2D eigenvalue weighted by molar-refractivity contribution is 5.93. The highest BCUT2D eigenvalue weighted by Gasteiger charge is 2.31. The number of pyridine rings is 1. The summed E-state index contributed by atoms with van der Waals surface area (Å²) in [6.45, 7) is 3.41. The number of aromatic nitrogens is 1. The van der Waals surface area contributed by atoms with Crippen LogP contribution in [0.1, 0.15) is 27.2 Å². The van der Waals surface area contributed by atoms with Crippen molar-refractivity contribution in [3.05, 3.63) is 65.0 Å². The summed E-state index contributed by atoms with van der Waals surface area (Å²) < 4.78 is 5.34. The highest BCUT2D eigenvalue weighted by atomic mass is 16.5. The van der Waals surface area contributed by atoms with Crippen molar-refractivity contribution in [2.45, 2.75) is 25.4 Å². The molecule has 1 fully saturated rings. The minimum Gasteiger partial charge on any atom is -0.381 e. The Morgan fingerprint density at radius 1 is 1.31 bits per heavy atom. The van der Waals surface area contributed by atoms with E-state index in [1.807, 2.05) is 12.1 Å². The van der Waals surface area contributed by atoms with Gasteiger partial charge in [-0.3, -0.25) is 19.9 Å². The van der Waals surface area contributed by atoms with Gasteiger partial charge in [-0.05, 0) is 23.6 Å². The minimum absolute atomic E-state index is 0.385. The van der Waals surface area contributed by atoms with Crippen LogP contribution in [0, 0.1) is 5.92 Å². The lowest BCUT2D eigenvalue weighted by Crippen LogP contribution is -2.48. The van der Waals surface area contributed by atoms with Gasteiger partial charge in [0.05, 0.1) is 18.8 Å². The lowest BCUT2D eigenvalue weighted by atomic mass is 9.91. The highest BCUT2D eigenvalue weighted by Crippen LogP contribution is 2.27. The summed E-state index contributed by atoms with van der Waals surface area (Å²) in [6.07, 6.45) is 3.38. The van der Waals surface area contributed by atoms with E-state index in [1.165, 1.54) is 5.56 Å². The molecule has 2 aliphatic rings. The quantitative estimate of drug-likeness (QED) is 0.633. The van der Waals surface area contributed by atoms with Gasteiger partial charge in [0.25, 0.3) is 5.91 Å². The molecule has 1 saturated heterocycles. The molecule has 1 aromatic carbocycles. The van der Waals surface area contributed by atoms with Crippen molar-refractivity contribution in [3.63, 3.8) is 0 Å². The van der Waals surface area contributed by atoms with Crippen LogP contribution < -0.4 is 5.48 Å². The van der Waals surface area contributed by atoms with E-state index < -0.39 is 5.91 Å². The van der Waals surface area contributed by atoms with Crippen LogP contribution in [0.25, 0.3) is 0 Å². The number of carbonyl (C=O) groups excluding carboxylic acids is 1. The molecule has 136 valence electrons. The molecule has 0 radical (unpaired) electrons. The maximum absolute atomic E-state index is 11.7. The Morgan fingerprint density at radius 3 is 2.81 bits per heavy atom. The number of hydrogen-bond donors (Lipinski definition) is 2. The molecule has 2 aromatic rings. The third kappa shape index (κ3) is 3.62. The minimum atomic E-state index is -0.523. The summed E-state index contributed by atoms with van der Waals surface area (Å²) in [5, 5.41) is 8.86. The largest absolute Gasteiger partial charge is 0.381 e. The van der Waals surface area contributed by atoms with E-state index in [9.17, 15) is 4.79 Å². The van der Waals surface area contributed by atoms with Gasteiger partial charge in [0.1, 0.15) is 0 Å². The molecular formula is C20H23N3O3. The van der Waals surface area contributed by atoms with Crippen LogP contribution in [0.4, 0.5) is 0 Å². The molecule has 3 heterocycles. The van der Waals surface area contributed by atoms with E-state index in [2.05, 4.69) is 34.1 Å². The number of nitrogens with one attached hydrogen (secondary N) is 1. The van der Waals surface area contributed by atoms with Crippen molar-refractivity contribution in [1.29, 1.82) is 0 Å². The normalized spacial score (nSPS) is 20.3. The molecule has 0 unspecified atom stereocenters. The maximum Gasteiger partial charge on any atom is 0.276 e. The molecule has 1 aromatic heterocycles. The van der Waals surface area contributed by atoms with Gasteiger partial charge in [0.15, 0.2) is 0 Å². The molecule has 0 saturated carbocycles. The van der Waals surface area contributed by atoms with Gasteiger partial charge in [-0.2, -0.15) is 0 Å². The Balaban J connectivity index is 1.57. The zero-order valence-corrected chi connectivity index (χ0v) is 14.6. The molecule has 0 spiro atoms. The van der Waals surface area contributed by atoms with Gasteiger partial charge < -0.3 is 4.74 Å². The van der Waals surface area contributed by atoms with Gasteiger partial charge in [-0.1, -0.05) is 30.3 Å². The molecule has 6 heteroatoms. The van der Waals surface area contributed by atoms with Gasteiger partial charge in [0, 0.05) is 43.4 Å². The Kier molecular flexibility index (Phi) is 4.97. The second-order valence-corrected chi connectivity index (χ2v) is 7.15. The zero-order chi connectivity index (χ0) is 17.9. The van der Waals surface area contributed by atoms with E-state index in [-0.39, 0.29) is 0 Å². The molecule has 2 aliphatic heterocycles. The van der Waals surface area contributed by atoms with Crippen molar-refractivity contribution in [3.8, 4) is 0 Å². The summed E-state index contributed by atoms with van der Waals surface area (Å²) in [7, 11) is 0. The van der Waals surface area contributed by atoms with Crippen LogP contribution in [0.5, 0.6) is 0 Å². The van der Waals surface area contributed by atoms with E-state index in [0.29, 0.717) is 17.5 Å². The summed E-state index contributed by atoms with van der Waals surface area (Å²) in [6, 6.07) is 12.8. The molecule has 2 N–H and O–H groups in total. The summed E-state index contributed by atoms with van der Waals surface area (Å²) >= 11 is 0. The van der Waals surface area contributed by atoms with Crippen molar-refractivity contribution in [2.75, 3.05) is 19.8 Å². The number of nitrogens with zero attached hydrogens (tertiary/aromatic N) is 2. The first-order chi connectivity index (χ1) is 12.7. The summed E-state index contributed by atoms with van der Waals surface area (Å²) in [4.78, 5) is 18.7. The standard InChI is InChI=1S/C20H23N3O3/c24-20(22-25)16-7-17-11-23(10-15-12-26-13-15)18(8-19(17)21-9-16)6-14-4-2-1-3-5-14/h1-5,7,9,15,18,25H,6,8,10-13H2,(H,22,24)/t18-/m0/s1. The average Bonchev–Trinajstić information content (AvgIpc) is 2.64. The number of ether oxygens (including phenoxy) is 1.